The number of amides is 2. The van der Waals surface area contributed by atoms with E-state index < -0.39 is 6.04 Å². The molecule has 166 valence electrons. The number of carbonyl (C=O) groups excluding carboxylic acids is 2. The van der Waals surface area contributed by atoms with E-state index in [1.165, 1.54) is 6.42 Å². The van der Waals surface area contributed by atoms with E-state index in [0.717, 1.165) is 41.3 Å². The normalized spacial score (nSPS) is 15.2. The van der Waals surface area contributed by atoms with Crippen molar-refractivity contribution in [2.24, 2.45) is 0 Å². The fourth-order valence-electron chi connectivity index (χ4n) is 3.85. The Morgan fingerprint density at radius 2 is 1.84 bits per heavy atom. The molecule has 6 heteroatoms. The zero-order valence-electron chi connectivity index (χ0n) is 18.3. The number of ether oxygens (including phenoxy) is 1. The van der Waals surface area contributed by atoms with Crippen LogP contribution in [0.3, 0.4) is 0 Å². The van der Waals surface area contributed by atoms with Crippen molar-refractivity contribution in [3.63, 3.8) is 0 Å². The van der Waals surface area contributed by atoms with Crippen molar-refractivity contribution in [3.8, 4) is 5.75 Å². The number of benzene rings is 2. The van der Waals surface area contributed by atoms with Gasteiger partial charge in [0.15, 0.2) is 6.61 Å². The lowest BCUT2D eigenvalue weighted by Crippen LogP contribution is -2.51. The van der Waals surface area contributed by atoms with Gasteiger partial charge in [0.1, 0.15) is 11.8 Å². The molecule has 0 spiro atoms. The smallest absolute Gasteiger partial charge is 0.261 e. The van der Waals surface area contributed by atoms with Gasteiger partial charge >= 0.3 is 0 Å². The van der Waals surface area contributed by atoms with Crippen molar-refractivity contribution >= 4 is 27.7 Å². The van der Waals surface area contributed by atoms with Crippen molar-refractivity contribution in [2.75, 3.05) is 6.61 Å². The highest BCUT2D eigenvalue weighted by Crippen LogP contribution is 2.19. The Hall–Kier alpha value is -2.34. The molecule has 0 bridgehead atoms. The summed E-state index contributed by atoms with van der Waals surface area (Å²) in [5.41, 5.74) is 2.08. The minimum atomic E-state index is -0.588. The van der Waals surface area contributed by atoms with Crippen LogP contribution in [0.25, 0.3) is 0 Å². The molecular weight excluding hydrogens is 456 g/mol. The maximum Gasteiger partial charge on any atom is 0.261 e. The van der Waals surface area contributed by atoms with Gasteiger partial charge in [0, 0.05) is 17.1 Å². The van der Waals surface area contributed by atoms with Crippen molar-refractivity contribution < 1.29 is 14.3 Å². The molecule has 2 aromatic carbocycles. The lowest BCUT2D eigenvalue weighted by molar-refractivity contribution is -0.142. The summed E-state index contributed by atoms with van der Waals surface area (Å²) in [6.07, 6.45) is 5.53. The molecular formula is C25H31BrN2O3. The summed E-state index contributed by atoms with van der Waals surface area (Å²) in [6.45, 7) is 4.02. The first-order valence-electron chi connectivity index (χ1n) is 11.0. The average Bonchev–Trinajstić information content (AvgIpc) is 2.77. The molecule has 0 aromatic heterocycles. The van der Waals surface area contributed by atoms with E-state index in [4.69, 9.17) is 4.74 Å². The fraction of sp³-hybridized carbons (Fsp3) is 0.440. The molecule has 1 fully saturated rings. The zero-order valence-corrected chi connectivity index (χ0v) is 19.9. The molecule has 1 atom stereocenters. The number of nitrogens with one attached hydrogen (secondary N) is 1. The van der Waals surface area contributed by atoms with Gasteiger partial charge in [-0.15, -0.1) is 0 Å². The van der Waals surface area contributed by atoms with E-state index in [1.807, 2.05) is 55.5 Å². The highest BCUT2D eigenvalue weighted by atomic mass is 79.9. The molecule has 1 aliphatic carbocycles. The second-order valence-corrected chi connectivity index (χ2v) is 9.19. The molecule has 0 heterocycles. The maximum absolute atomic E-state index is 13.1. The maximum atomic E-state index is 13.1. The van der Waals surface area contributed by atoms with Gasteiger partial charge in [0.2, 0.25) is 5.91 Å². The SMILES string of the molecule is Cc1ccc(OCC(=O)N(Cc2cccc(Br)c2)C(C)C(=O)NC2CCCCC2)cc1. The molecule has 5 nitrogen and oxygen atoms in total. The molecule has 1 unspecified atom stereocenters. The van der Waals surface area contributed by atoms with Gasteiger partial charge in [0.25, 0.3) is 5.91 Å². The third kappa shape index (κ3) is 7.10. The Morgan fingerprint density at radius 1 is 1.13 bits per heavy atom. The molecule has 1 aliphatic rings. The number of rotatable bonds is 8. The lowest BCUT2D eigenvalue weighted by atomic mass is 9.95. The topological polar surface area (TPSA) is 58.6 Å². The largest absolute Gasteiger partial charge is 0.484 e. The zero-order chi connectivity index (χ0) is 22.2. The Balaban J connectivity index is 1.70. The van der Waals surface area contributed by atoms with E-state index >= 15 is 0 Å². The minimum Gasteiger partial charge on any atom is -0.484 e. The van der Waals surface area contributed by atoms with Crippen LogP contribution in [-0.2, 0) is 16.1 Å². The Morgan fingerprint density at radius 3 is 2.52 bits per heavy atom. The molecule has 2 aromatic rings. The predicted molar refractivity (Wildman–Crippen MR) is 126 cm³/mol. The first-order chi connectivity index (χ1) is 14.9. The number of halogens is 1. The number of hydrogen-bond acceptors (Lipinski definition) is 3. The van der Waals surface area contributed by atoms with Gasteiger partial charge in [-0.05, 0) is 56.5 Å². The van der Waals surface area contributed by atoms with Crippen molar-refractivity contribution in [1.29, 1.82) is 0 Å². The molecule has 1 N–H and O–H groups in total. The van der Waals surface area contributed by atoms with Gasteiger partial charge in [-0.3, -0.25) is 9.59 Å². The molecule has 1 saturated carbocycles. The highest BCUT2D eigenvalue weighted by Gasteiger charge is 2.28. The minimum absolute atomic E-state index is 0.106. The fourth-order valence-corrected chi connectivity index (χ4v) is 4.29. The lowest BCUT2D eigenvalue weighted by Gasteiger charge is -2.31. The Kier molecular flexibility index (Phi) is 8.52. The molecule has 0 radical (unpaired) electrons. The second kappa shape index (κ2) is 11.3. The van der Waals surface area contributed by atoms with Gasteiger partial charge in [-0.2, -0.15) is 0 Å². The molecule has 31 heavy (non-hydrogen) atoms. The number of aryl methyl sites for hydroxylation is 1. The van der Waals surface area contributed by atoms with E-state index in [9.17, 15) is 9.59 Å². The van der Waals surface area contributed by atoms with Gasteiger partial charge in [-0.25, -0.2) is 0 Å². The van der Waals surface area contributed by atoms with Gasteiger partial charge in [-0.1, -0.05) is 65.0 Å². The Labute approximate surface area is 193 Å². The van der Waals surface area contributed by atoms with Crippen molar-refractivity contribution in [2.45, 2.75) is 64.6 Å². The van der Waals surface area contributed by atoms with Crippen LogP contribution in [0.4, 0.5) is 0 Å². The standard InChI is InChI=1S/C25H31BrN2O3/c1-18-11-13-23(14-12-18)31-17-24(29)28(16-20-7-6-8-21(26)15-20)19(2)25(30)27-22-9-4-3-5-10-22/h6-8,11-15,19,22H,3-5,9-10,16-17H2,1-2H3,(H,27,30). The molecule has 0 saturated heterocycles. The third-order valence-corrected chi connectivity index (χ3v) is 6.24. The second-order valence-electron chi connectivity index (χ2n) is 8.27. The van der Waals surface area contributed by atoms with Crippen molar-refractivity contribution in [3.05, 3.63) is 64.1 Å². The average molecular weight is 487 g/mol. The number of carbonyl (C=O) groups is 2. The monoisotopic (exact) mass is 486 g/mol. The summed E-state index contributed by atoms with van der Waals surface area (Å²) < 4.78 is 6.65. The van der Waals surface area contributed by atoms with Crippen LogP contribution in [-0.4, -0.2) is 35.4 Å². The number of hydrogen-bond donors (Lipinski definition) is 1. The van der Waals surface area contributed by atoms with Crippen LogP contribution in [0, 0.1) is 6.92 Å². The van der Waals surface area contributed by atoms with Crippen LogP contribution in [0.5, 0.6) is 5.75 Å². The third-order valence-electron chi connectivity index (χ3n) is 5.74. The van der Waals surface area contributed by atoms with Crippen LogP contribution in [0.15, 0.2) is 53.0 Å². The van der Waals surface area contributed by atoms with E-state index in [1.54, 1.807) is 11.8 Å². The summed E-state index contributed by atoms with van der Waals surface area (Å²) >= 11 is 3.48. The summed E-state index contributed by atoms with van der Waals surface area (Å²) in [6, 6.07) is 15.0. The highest BCUT2D eigenvalue weighted by molar-refractivity contribution is 9.10. The molecule has 0 aliphatic heterocycles. The van der Waals surface area contributed by atoms with Crippen LogP contribution < -0.4 is 10.1 Å². The van der Waals surface area contributed by atoms with Crippen LogP contribution in [0.1, 0.15) is 50.2 Å². The van der Waals surface area contributed by atoms with Crippen LogP contribution >= 0.6 is 15.9 Å². The van der Waals surface area contributed by atoms with E-state index in [2.05, 4.69) is 21.2 Å². The molecule has 2 amide bonds. The number of nitrogens with zero attached hydrogens (tertiary/aromatic N) is 1. The first-order valence-corrected chi connectivity index (χ1v) is 11.8. The van der Waals surface area contributed by atoms with Crippen LogP contribution in [0.2, 0.25) is 0 Å². The predicted octanol–water partition coefficient (Wildman–Crippen LogP) is 5.00. The van der Waals surface area contributed by atoms with E-state index in [-0.39, 0.29) is 24.5 Å². The summed E-state index contributed by atoms with van der Waals surface area (Å²) in [5, 5.41) is 3.15. The van der Waals surface area contributed by atoms with Crippen molar-refractivity contribution in [1.82, 2.24) is 10.2 Å². The first kappa shape index (κ1) is 23.3. The molecule has 3 rings (SSSR count). The Bertz CT molecular complexity index is 879. The van der Waals surface area contributed by atoms with Gasteiger partial charge in [0.05, 0.1) is 0 Å². The summed E-state index contributed by atoms with van der Waals surface area (Å²) in [7, 11) is 0. The quantitative estimate of drug-likeness (QED) is 0.570. The summed E-state index contributed by atoms with van der Waals surface area (Å²) in [4.78, 5) is 27.7. The van der Waals surface area contributed by atoms with E-state index in [0.29, 0.717) is 12.3 Å². The summed E-state index contributed by atoms with van der Waals surface area (Å²) in [5.74, 6) is 0.318. The van der Waals surface area contributed by atoms with Gasteiger partial charge < -0.3 is 15.0 Å².